The lowest BCUT2D eigenvalue weighted by molar-refractivity contribution is -0.121. The van der Waals surface area contributed by atoms with E-state index in [0.29, 0.717) is 23.9 Å². The standard InChI is InChI=1S/C20H22N6O3S/c1-12(30)7-8-15(28)22-14(9-10-27)18-24-17(21)16-19(25-18)26(20(29)23-16)11-13-5-3-2-4-6-13/h2-6,10,14H,7-9,11H2,1H3,(H,22,28)(H,23,29)(H2,21,24,25). The smallest absolute Gasteiger partial charge is 0.328 e. The molecule has 1 amide bonds. The molecule has 0 radical (unpaired) electrons. The Labute approximate surface area is 177 Å². The van der Waals surface area contributed by atoms with Crippen LogP contribution in [-0.2, 0) is 16.1 Å². The van der Waals surface area contributed by atoms with Gasteiger partial charge in [0, 0.05) is 12.8 Å². The molecule has 9 nitrogen and oxygen atoms in total. The number of nitrogen functional groups attached to an aromatic ring is 1. The number of thiocarbonyl (C=S) groups is 1. The molecule has 0 aliphatic rings. The van der Waals surface area contributed by atoms with Crippen LogP contribution in [0, 0.1) is 0 Å². The molecule has 2 aromatic heterocycles. The van der Waals surface area contributed by atoms with Gasteiger partial charge in [0.25, 0.3) is 0 Å². The zero-order chi connectivity index (χ0) is 21.7. The average Bonchev–Trinajstić information content (AvgIpc) is 3.03. The molecule has 4 N–H and O–H groups in total. The van der Waals surface area contributed by atoms with Crippen molar-refractivity contribution < 1.29 is 9.59 Å². The van der Waals surface area contributed by atoms with Gasteiger partial charge >= 0.3 is 5.69 Å². The maximum Gasteiger partial charge on any atom is 0.328 e. The Kier molecular flexibility index (Phi) is 6.68. The molecule has 0 saturated carbocycles. The molecule has 1 aromatic carbocycles. The van der Waals surface area contributed by atoms with Gasteiger partial charge in [0.15, 0.2) is 17.3 Å². The third-order valence-corrected chi connectivity index (χ3v) is 4.74. The van der Waals surface area contributed by atoms with E-state index in [9.17, 15) is 14.4 Å². The third-order valence-electron chi connectivity index (χ3n) is 4.53. The lowest BCUT2D eigenvalue weighted by Crippen LogP contribution is -2.30. The number of carbonyl (C=O) groups is 2. The van der Waals surface area contributed by atoms with Gasteiger partial charge in [-0.2, -0.15) is 0 Å². The monoisotopic (exact) mass is 426 g/mol. The summed E-state index contributed by atoms with van der Waals surface area (Å²) in [7, 11) is 0. The summed E-state index contributed by atoms with van der Waals surface area (Å²) in [6.07, 6.45) is 1.31. The van der Waals surface area contributed by atoms with E-state index >= 15 is 0 Å². The van der Waals surface area contributed by atoms with E-state index in [1.54, 1.807) is 6.92 Å². The molecule has 0 fully saturated rings. The second kappa shape index (κ2) is 9.40. The highest BCUT2D eigenvalue weighted by Gasteiger charge is 2.21. The molecule has 30 heavy (non-hydrogen) atoms. The van der Waals surface area contributed by atoms with Crippen molar-refractivity contribution in [1.82, 2.24) is 24.8 Å². The summed E-state index contributed by atoms with van der Waals surface area (Å²) in [5.74, 6) is -0.0387. The number of amides is 1. The topological polar surface area (TPSA) is 136 Å². The van der Waals surface area contributed by atoms with Crippen LogP contribution < -0.4 is 16.7 Å². The number of carbonyl (C=O) groups excluding carboxylic acids is 2. The van der Waals surface area contributed by atoms with Gasteiger partial charge in [-0.3, -0.25) is 9.36 Å². The van der Waals surface area contributed by atoms with E-state index in [-0.39, 0.29) is 42.6 Å². The van der Waals surface area contributed by atoms with Crippen molar-refractivity contribution in [2.24, 2.45) is 0 Å². The summed E-state index contributed by atoms with van der Waals surface area (Å²) < 4.78 is 1.45. The van der Waals surface area contributed by atoms with Crippen LogP contribution in [0.25, 0.3) is 11.2 Å². The Morgan fingerprint density at radius 3 is 2.70 bits per heavy atom. The third kappa shape index (κ3) is 4.95. The highest BCUT2D eigenvalue weighted by Crippen LogP contribution is 2.20. The molecule has 0 saturated heterocycles. The molecular formula is C20H22N6O3S. The van der Waals surface area contributed by atoms with Crippen LogP contribution in [0.1, 0.15) is 43.6 Å². The summed E-state index contributed by atoms with van der Waals surface area (Å²) in [4.78, 5) is 48.0. The maximum atomic E-state index is 12.5. The number of aromatic nitrogens is 4. The van der Waals surface area contributed by atoms with E-state index in [1.165, 1.54) is 4.57 Å². The average molecular weight is 427 g/mol. The fourth-order valence-electron chi connectivity index (χ4n) is 3.02. The Morgan fingerprint density at radius 1 is 1.30 bits per heavy atom. The Morgan fingerprint density at radius 2 is 2.03 bits per heavy atom. The molecule has 0 bridgehead atoms. The van der Waals surface area contributed by atoms with Gasteiger partial charge in [-0.1, -0.05) is 42.5 Å². The molecule has 0 aliphatic heterocycles. The van der Waals surface area contributed by atoms with Crippen LogP contribution in [0.15, 0.2) is 35.1 Å². The van der Waals surface area contributed by atoms with Crippen molar-refractivity contribution in [1.29, 1.82) is 0 Å². The van der Waals surface area contributed by atoms with Crippen LogP contribution in [0.5, 0.6) is 0 Å². The minimum Gasteiger partial charge on any atom is -0.382 e. The Balaban J connectivity index is 1.97. The van der Waals surface area contributed by atoms with E-state index in [4.69, 9.17) is 18.0 Å². The summed E-state index contributed by atoms with van der Waals surface area (Å²) in [6, 6.07) is 8.66. The zero-order valence-corrected chi connectivity index (χ0v) is 17.2. The van der Waals surface area contributed by atoms with Gasteiger partial charge in [-0.15, -0.1) is 0 Å². The lowest BCUT2D eigenvalue weighted by Gasteiger charge is -2.16. The largest absolute Gasteiger partial charge is 0.382 e. The fourth-order valence-corrected chi connectivity index (χ4v) is 3.12. The number of benzene rings is 1. The van der Waals surface area contributed by atoms with Crippen molar-refractivity contribution in [3.8, 4) is 0 Å². The van der Waals surface area contributed by atoms with Gasteiger partial charge in [0.1, 0.15) is 11.8 Å². The first-order valence-electron chi connectivity index (χ1n) is 9.41. The van der Waals surface area contributed by atoms with Gasteiger partial charge in [-0.25, -0.2) is 14.8 Å². The molecule has 0 aliphatic carbocycles. The summed E-state index contributed by atoms with van der Waals surface area (Å²) in [5.41, 5.74) is 7.20. The summed E-state index contributed by atoms with van der Waals surface area (Å²) in [5, 5.41) is 2.75. The lowest BCUT2D eigenvalue weighted by atomic mass is 10.1. The molecular weight excluding hydrogens is 404 g/mol. The second-order valence-corrected chi connectivity index (χ2v) is 7.59. The number of hydrogen-bond acceptors (Lipinski definition) is 7. The van der Waals surface area contributed by atoms with Crippen molar-refractivity contribution in [2.75, 3.05) is 5.73 Å². The Bertz CT molecular complexity index is 1140. The molecule has 3 aromatic rings. The van der Waals surface area contributed by atoms with Crippen molar-refractivity contribution in [3.05, 3.63) is 52.2 Å². The number of nitrogens with one attached hydrogen (secondary N) is 2. The van der Waals surface area contributed by atoms with Crippen molar-refractivity contribution in [2.45, 2.75) is 38.8 Å². The highest BCUT2D eigenvalue weighted by atomic mass is 32.1. The first kappa shape index (κ1) is 21.3. The van der Waals surface area contributed by atoms with Crippen molar-refractivity contribution in [3.63, 3.8) is 0 Å². The van der Waals surface area contributed by atoms with E-state index < -0.39 is 6.04 Å². The van der Waals surface area contributed by atoms with Gasteiger partial charge in [0.05, 0.1) is 12.6 Å². The molecule has 10 heteroatoms. The summed E-state index contributed by atoms with van der Waals surface area (Å²) >= 11 is 5.00. The van der Waals surface area contributed by atoms with Crippen molar-refractivity contribution >= 4 is 46.3 Å². The number of hydrogen-bond donors (Lipinski definition) is 3. The van der Waals surface area contributed by atoms with E-state index in [0.717, 1.165) is 10.4 Å². The van der Waals surface area contributed by atoms with Crippen LogP contribution in [0.4, 0.5) is 5.82 Å². The number of nitrogens with zero attached hydrogens (tertiary/aromatic N) is 3. The minimum absolute atomic E-state index is 0.0272. The number of imidazole rings is 1. The minimum atomic E-state index is -0.762. The first-order chi connectivity index (χ1) is 14.4. The highest BCUT2D eigenvalue weighted by molar-refractivity contribution is 7.80. The predicted molar refractivity (Wildman–Crippen MR) is 117 cm³/mol. The quantitative estimate of drug-likeness (QED) is 0.350. The predicted octanol–water partition coefficient (Wildman–Crippen LogP) is 1.67. The molecule has 2 heterocycles. The van der Waals surface area contributed by atoms with E-state index in [1.807, 2.05) is 30.3 Å². The number of aromatic amines is 1. The molecule has 0 spiro atoms. The van der Waals surface area contributed by atoms with E-state index in [2.05, 4.69) is 20.3 Å². The number of aldehydes is 1. The van der Waals surface area contributed by atoms with Crippen LogP contribution in [-0.4, -0.2) is 36.6 Å². The SMILES string of the molecule is CC(=S)CCC(=O)NC(CC=O)c1nc(N)c2[nH]c(=O)n(Cc3ccccc3)c2n1. The summed E-state index contributed by atoms with van der Waals surface area (Å²) in [6.45, 7) is 2.05. The fraction of sp³-hybridized carbons (Fsp3) is 0.300. The second-order valence-electron chi connectivity index (χ2n) is 6.89. The maximum absolute atomic E-state index is 12.5. The molecule has 1 unspecified atom stereocenters. The van der Waals surface area contributed by atoms with Crippen LogP contribution in [0.2, 0.25) is 0 Å². The molecule has 156 valence electrons. The molecule has 1 atom stereocenters. The van der Waals surface area contributed by atoms with Gasteiger partial charge in [-0.05, 0) is 23.8 Å². The van der Waals surface area contributed by atoms with Gasteiger partial charge in [0.2, 0.25) is 5.91 Å². The Hall–Kier alpha value is -3.40. The zero-order valence-electron chi connectivity index (χ0n) is 16.4. The van der Waals surface area contributed by atoms with Crippen LogP contribution >= 0.6 is 12.2 Å². The number of anilines is 1. The van der Waals surface area contributed by atoms with Gasteiger partial charge < -0.3 is 20.8 Å². The normalized spacial score (nSPS) is 11.9. The first-order valence-corrected chi connectivity index (χ1v) is 9.82. The number of rotatable bonds is 9. The molecule has 3 rings (SSSR count). The number of fused-ring (bicyclic) bond motifs is 1. The number of H-pyrrole nitrogens is 1. The van der Waals surface area contributed by atoms with Crippen LogP contribution in [0.3, 0.4) is 0 Å². The number of nitrogens with two attached hydrogens (primary N) is 1.